The molecule has 0 amide bonds. The smallest absolute Gasteiger partial charge is 0.229 e. The van der Waals surface area contributed by atoms with Crippen LogP contribution in [0, 0.1) is 11.7 Å². The predicted molar refractivity (Wildman–Crippen MR) is 118 cm³/mol. The van der Waals surface area contributed by atoms with Crippen molar-refractivity contribution in [2.45, 2.75) is 24.8 Å². The zero-order valence-corrected chi connectivity index (χ0v) is 17.8. The van der Waals surface area contributed by atoms with E-state index in [1.165, 1.54) is 0 Å². The zero-order chi connectivity index (χ0) is 21.7. The van der Waals surface area contributed by atoms with Gasteiger partial charge in [-0.1, -0.05) is 23.1 Å². The molecule has 2 aromatic carbocycles. The molecule has 0 bridgehead atoms. The summed E-state index contributed by atoms with van der Waals surface area (Å²) in [5, 5.41) is 15.8. The van der Waals surface area contributed by atoms with Crippen molar-refractivity contribution in [1.82, 2.24) is 9.97 Å². The summed E-state index contributed by atoms with van der Waals surface area (Å²) in [6, 6.07) is 12.3. The number of nitrogens with zero attached hydrogens (tertiary/aromatic N) is 2. The fourth-order valence-corrected chi connectivity index (χ4v) is 3.27. The maximum atomic E-state index is 11.2. The van der Waals surface area contributed by atoms with Crippen molar-refractivity contribution in [3.63, 3.8) is 0 Å². The standard InChI is InChI=1S/C21H24N5O3S/c1-13-10-16(29-3)6-9-18(13)19-11-23-21(26-20(19)24-14(2)12-27)25-15-4-7-17(8-5-15)30(22)28/h4-11,14,22,27H,12H2,1-3H3,(H2,23,24,25,26)/q-1/t14-/m1/s1. The molecule has 0 saturated carbocycles. The second-order valence-corrected chi connectivity index (χ2v) is 7.79. The summed E-state index contributed by atoms with van der Waals surface area (Å²) in [5.41, 5.74) is 3.48. The second-order valence-electron chi connectivity index (χ2n) is 6.78. The molecule has 0 fully saturated rings. The van der Waals surface area contributed by atoms with E-state index in [1.807, 2.05) is 32.0 Å². The van der Waals surface area contributed by atoms with Gasteiger partial charge in [0.15, 0.2) is 0 Å². The van der Waals surface area contributed by atoms with E-state index < -0.39 is 10.6 Å². The monoisotopic (exact) mass is 426 g/mol. The molecule has 3 aromatic rings. The molecule has 158 valence electrons. The highest BCUT2D eigenvalue weighted by atomic mass is 32.2. The van der Waals surface area contributed by atoms with Crippen molar-refractivity contribution >= 4 is 28.0 Å². The van der Waals surface area contributed by atoms with E-state index in [-0.39, 0.29) is 12.6 Å². The van der Waals surface area contributed by atoms with Gasteiger partial charge in [-0.2, -0.15) is 15.6 Å². The summed E-state index contributed by atoms with van der Waals surface area (Å²) in [6.45, 7) is 3.81. The molecule has 3 rings (SSSR count). The molecule has 0 saturated heterocycles. The lowest BCUT2D eigenvalue weighted by molar-refractivity contribution is 0.281. The number of ether oxygens (including phenoxy) is 1. The van der Waals surface area contributed by atoms with Gasteiger partial charge in [-0.3, -0.25) is 0 Å². The molecule has 0 aliphatic carbocycles. The highest BCUT2D eigenvalue weighted by molar-refractivity contribution is 7.73. The Morgan fingerprint density at radius 2 is 1.93 bits per heavy atom. The summed E-state index contributed by atoms with van der Waals surface area (Å²) >= 11 is 0. The van der Waals surface area contributed by atoms with Crippen LogP contribution in [-0.4, -0.2) is 34.8 Å². The Hall–Kier alpha value is -3.17. The van der Waals surface area contributed by atoms with Crippen LogP contribution in [0.25, 0.3) is 11.1 Å². The molecule has 4 N–H and O–H groups in total. The first-order chi connectivity index (χ1) is 14.4. The Balaban J connectivity index is 1.96. The van der Waals surface area contributed by atoms with Gasteiger partial charge in [0.1, 0.15) is 11.6 Å². The summed E-state index contributed by atoms with van der Waals surface area (Å²) in [4.78, 5) is 9.46. The number of aliphatic hydroxyl groups is 1. The van der Waals surface area contributed by atoms with Gasteiger partial charge < -0.3 is 29.5 Å². The number of hydrogen-bond donors (Lipinski definition) is 4. The largest absolute Gasteiger partial charge is 0.497 e. The van der Waals surface area contributed by atoms with E-state index in [1.54, 1.807) is 37.6 Å². The number of hydrogen-bond acceptors (Lipinski definition) is 9. The lowest BCUT2D eigenvalue weighted by atomic mass is 10.0. The Morgan fingerprint density at radius 1 is 1.20 bits per heavy atom. The first kappa shape index (κ1) is 21.5. The molecule has 9 heteroatoms. The molecule has 30 heavy (non-hydrogen) atoms. The first-order valence-electron chi connectivity index (χ1n) is 9.30. The van der Waals surface area contributed by atoms with Crippen molar-refractivity contribution in [2.75, 3.05) is 24.4 Å². The van der Waals surface area contributed by atoms with Gasteiger partial charge in [-0.25, -0.2) is 4.98 Å². The van der Waals surface area contributed by atoms with Crippen LogP contribution in [0.15, 0.2) is 53.6 Å². The van der Waals surface area contributed by atoms with Gasteiger partial charge in [0.05, 0.1) is 13.7 Å². The normalized spacial score (nSPS) is 11.9. The fraction of sp³-hybridized carbons (Fsp3) is 0.238. The lowest BCUT2D eigenvalue weighted by Gasteiger charge is -2.18. The summed E-state index contributed by atoms with van der Waals surface area (Å²) in [6.07, 6.45) is 1.73. The minimum Gasteiger partial charge on any atom is -0.497 e. The fourth-order valence-electron chi connectivity index (χ4n) is 2.88. The molecule has 0 unspecified atom stereocenters. The van der Waals surface area contributed by atoms with E-state index in [0.29, 0.717) is 22.3 Å². The summed E-state index contributed by atoms with van der Waals surface area (Å²) in [5.74, 6) is 1.73. The summed E-state index contributed by atoms with van der Waals surface area (Å²) in [7, 11) is -0.149. The Morgan fingerprint density at radius 3 is 2.53 bits per heavy atom. The molecule has 8 nitrogen and oxygen atoms in total. The van der Waals surface area contributed by atoms with Crippen molar-refractivity contribution in [3.8, 4) is 16.9 Å². The third-order valence-electron chi connectivity index (χ3n) is 4.49. The van der Waals surface area contributed by atoms with Crippen LogP contribution in [0.5, 0.6) is 5.75 Å². The molecule has 0 radical (unpaired) electrons. The van der Waals surface area contributed by atoms with Crippen LogP contribution < -0.4 is 15.4 Å². The molecule has 1 aromatic heterocycles. The highest BCUT2D eigenvalue weighted by Gasteiger charge is 2.14. The van der Waals surface area contributed by atoms with Crippen LogP contribution in [0.1, 0.15) is 12.5 Å². The van der Waals surface area contributed by atoms with E-state index in [4.69, 9.17) is 9.52 Å². The quantitative estimate of drug-likeness (QED) is 0.401. The van der Waals surface area contributed by atoms with Gasteiger partial charge in [-0.05, 0) is 49.2 Å². The summed E-state index contributed by atoms with van der Waals surface area (Å²) < 4.78 is 23.8. The molecular formula is C21H24N5O3S-. The molecule has 1 heterocycles. The minimum absolute atomic E-state index is 0.0421. The molecular weight excluding hydrogens is 402 g/mol. The van der Waals surface area contributed by atoms with Crippen LogP contribution in [0.4, 0.5) is 17.5 Å². The first-order valence-corrected chi connectivity index (χ1v) is 10.5. The number of anilines is 3. The molecule has 0 aliphatic heterocycles. The zero-order valence-electron chi connectivity index (χ0n) is 17.0. The average Bonchev–Trinajstić information content (AvgIpc) is 2.74. The second kappa shape index (κ2) is 9.55. The predicted octanol–water partition coefficient (Wildman–Crippen LogP) is 4.08. The van der Waals surface area contributed by atoms with E-state index in [2.05, 4.69) is 20.6 Å². The van der Waals surface area contributed by atoms with Gasteiger partial charge in [-0.15, -0.1) is 0 Å². The molecule has 0 spiro atoms. The van der Waals surface area contributed by atoms with Gasteiger partial charge in [0.2, 0.25) is 5.95 Å². The third-order valence-corrected chi connectivity index (χ3v) is 5.19. The number of rotatable bonds is 8. The number of methoxy groups -OCH3 is 1. The number of aliphatic hydroxyl groups excluding tert-OH is 1. The van der Waals surface area contributed by atoms with Crippen molar-refractivity contribution in [1.29, 1.82) is 4.78 Å². The van der Waals surface area contributed by atoms with E-state index >= 15 is 0 Å². The molecule has 0 aliphatic rings. The topological polar surface area (TPSA) is 120 Å². The molecule has 1 atom stereocenters. The third kappa shape index (κ3) is 5.05. The Bertz CT molecular complexity index is 1090. The van der Waals surface area contributed by atoms with Crippen molar-refractivity contribution in [2.24, 2.45) is 0 Å². The van der Waals surface area contributed by atoms with Crippen LogP contribution in [0.3, 0.4) is 0 Å². The minimum atomic E-state index is -1.78. The Kier molecular flexibility index (Phi) is 6.86. The van der Waals surface area contributed by atoms with Gasteiger partial charge in [0.25, 0.3) is 0 Å². The SMILES string of the molecule is COc1ccc(-c2cnc(Nc3ccc([S-](=N)=O)cc3)nc2N[C@H](C)CO)c(C)c1. The van der Waals surface area contributed by atoms with Crippen LogP contribution >= 0.6 is 0 Å². The lowest BCUT2D eigenvalue weighted by Crippen LogP contribution is -2.21. The van der Waals surface area contributed by atoms with Crippen molar-refractivity contribution in [3.05, 3.63) is 54.2 Å². The van der Waals surface area contributed by atoms with Crippen LogP contribution in [-0.2, 0) is 14.8 Å². The highest BCUT2D eigenvalue weighted by Crippen LogP contribution is 2.32. The number of aromatic nitrogens is 2. The van der Waals surface area contributed by atoms with Crippen LogP contribution in [0.2, 0.25) is 0 Å². The number of benzene rings is 2. The van der Waals surface area contributed by atoms with Crippen molar-refractivity contribution < 1.29 is 14.1 Å². The number of aryl methyl sites for hydroxylation is 1. The Labute approximate surface area is 177 Å². The maximum Gasteiger partial charge on any atom is 0.229 e. The van der Waals surface area contributed by atoms with E-state index in [9.17, 15) is 9.32 Å². The van der Waals surface area contributed by atoms with Gasteiger partial charge in [0, 0.05) is 23.5 Å². The number of nitrogens with one attached hydrogen (secondary N) is 3. The maximum absolute atomic E-state index is 11.2. The average molecular weight is 427 g/mol. The van der Waals surface area contributed by atoms with E-state index in [0.717, 1.165) is 22.4 Å². The van der Waals surface area contributed by atoms with Gasteiger partial charge >= 0.3 is 0 Å².